The summed E-state index contributed by atoms with van der Waals surface area (Å²) in [5, 5.41) is 28.4. The average Bonchev–Trinajstić information content (AvgIpc) is 3.30. The summed E-state index contributed by atoms with van der Waals surface area (Å²) in [6.45, 7) is 4.89. The van der Waals surface area contributed by atoms with Crippen LogP contribution in [0.15, 0.2) is 41.6 Å². The molecule has 0 bridgehead atoms. The Morgan fingerprint density at radius 2 is 2.17 bits per heavy atom. The van der Waals surface area contributed by atoms with E-state index in [2.05, 4.69) is 20.1 Å². The van der Waals surface area contributed by atoms with Crippen LogP contribution in [0.25, 0.3) is 10.9 Å². The number of carbonyl (C=O) groups is 1. The number of fused-ring (bicyclic) bond motifs is 1. The summed E-state index contributed by atoms with van der Waals surface area (Å²) < 4.78 is 5.37. The number of aliphatic hydroxyl groups excluding tert-OH is 1. The summed E-state index contributed by atoms with van der Waals surface area (Å²) in [4.78, 5) is 19.4. The molecule has 1 fully saturated rings. The van der Waals surface area contributed by atoms with Gasteiger partial charge < -0.3 is 19.8 Å². The maximum atomic E-state index is 11.3. The molecule has 0 radical (unpaired) electrons. The van der Waals surface area contributed by atoms with Crippen LogP contribution < -0.4 is 4.74 Å². The highest BCUT2D eigenvalue weighted by molar-refractivity contribution is 7.99. The van der Waals surface area contributed by atoms with Crippen LogP contribution in [-0.4, -0.2) is 68.8 Å². The lowest BCUT2D eigenvalue weighted by Crippen LogP contribution is -2.41. The Labute approximate surface area is 216 Å². The maximum Gasteiger partial charge on any atom is 0.303 e. The zero-order valence-corrected chi connectivity index (χ0v) is 21.8. The third-order valence-electron chi connectivity index (χ3n) is 7.31. The number of carboxylic acids is 1. The molecular formula is C27H36N4O4S. The van der Waals surface area contributed by atoms with E-state index in [0.29, 0.717) is 24.7 Å². The van der Waals surface area contributed by atoms with Crippen LogP contribution in [0.3, 0.4) is 0 Å². The third kappa shape index (κ3) is 6.78. The molecule has 0 saturated carbocycles. The molecule has 3 N–H and O–H groups in total. The highest BCUT2D eigenvalue weighted by Gasteiger charge is 2.30. The Kier molecular flexibility index (Phi) is 9.23. The Bertz CT molecular complexity index is 1150. The van der Waals surface area contributed by atoms with Gasteiger partial charge in [-0.1, -0.05) is 0 Å². The quantitative estimate of drug-likeness (QED) is 0.300. The van der Waals surface area contributed by atoms with E-state index in [-0.39, 0.29) is 6.42 Å². The fourth-order valence-corrected chi connectivity index (χ4v) is 6.20. The molecule has 3 heterocycles. The lowest BCUT2D eigenvalue weighted by atomic mass is 9.79. The van der Waals surface area contributed by atoms with Gasteiger partial charge in [0.05, 0.1) is 24.4 Å². The molecule has 36 heavy (non-hydrogen) atoms. The number of piperidine rings is 1. The second-order valence-corrected chi connectivity index (χ2v) is 10.7. The van der Waals surface area contributed by atoms with E-state index in [9.17, 15) is 15.0 Å². The minimum atomic E-state index is -0.742. The molecule has 0 amide bonds. The van der Waals surface area contributed by atoms with Crippen LogP contribution in [0.1, 0.15) is 49.5 Å². The Hall–Kier alpha value is -2.62. The van der Waals surface area contributed by atoms with Gasteiger partial charge in [-0.3, -0.25) is 14.9 Å². The molecular weight excluding hydrogens is 476 g/mol. The summed E-state index contributed by atoms with van der Waals surface area (Å²) in [6, 6.07) is 7.60. The third-order valence-corrected chi connectivity index (χ3v) is 8.42. The van der Waals surface area contributed by atoms with Gasteiger partial charge in [0.2, 0.25) is 0 Å². The number of methoxy groups -OCH3 is 1. The summed E-state index contributed by atoms with van der Waals surface area (Å²) in [5.74, 6) is 1.70. The normalized spacial score (nSPS) is 19.4. The number of hydrogen-bond acceptors (Lipinski definition) is 7. The number of ether oxygens (including phenoxy) is 1. The first kappa shape index (κ1) is 26.4. The Balaban J connectivity index is 1.36. The number of nitrogens with zero attached hydrogens (tertiary/aromatic N) is 3. The standard InChI is InChI=1S/C27H36N4O4S/c1-18-26(16-29-30-18)36-14-13-31-12-10-19(20(17-31)4-8-27(33)34)3-7-25(32)22-9-11-28-24-6-5-21(35-2)15-23(22)24/h5-6,9,11,15-16,19-20,25,32H,3-4,7-8,10,12-14,17H2,1-2H3,(H,29,30)(H,33,34)/t19-,20-,25-/m1/s1. The van der Waals surface area contributed by atoms with Crippen molar-refractivity contribution >= 4 is 28.6 Å². The highest BCUT2D eigenvalue weighted by atomic mass is 32.2. The molecule has 1 aliphatic rings. The van der Waals surface area contributed by atoms with Crippen molar-refractivity contribution in [2.45, 2.75) is 50.0 Å². The molecule has 3 aromatic rings. The van der Waals surface area contributed by atoms with Crippen LogP contribution >= 0.6 is 11.8 Å². The van der Waals surface area contributed by atoms with Gasteiger partial charge in [0.25, 0.3) is 0 Å². The smallest absolute Gasteiger partial charge is 0.303 e. The number of rotatable bonds is 12. The lowest BCUT2D eigenvalue weighted by molar-refractivity contribution is -0.137. The van der Waals surface area contributed by atoms with E-state index >= 15 is 0 Å². The van der Waals surface area contributed by atoms with E-state index in [1.54, 1.807) is 25.1 Å². The molecule has 0 aliphatic carbocycles. The number of likely N-dealkylation sites (tertiary alicyclic amines) is 1. The zero-order chi connectivity index (χ0) is 25.5. The summed E-state index contributed by atoms with van der Waals surface area (Å²) in [7, 11) is 1.63. The molecule has 9 heteroatoms. The molecule has 1 aromatic carbocycles. The van der Waals surface area contributed by atoms with Crippen molar-refractivity contribution < 1.29 is 19.7 Å². The van der Waals surface area contributed by atoms with Gasteiger partial charge >= 0.3 is 5.97 Å². The van der Waals surface area contributed by atoms with E-state index < -0.39 is 12.1 Å². The maximum absolute atomic E-state index is 11.3. The summed E-state index contributed by atoms with van der Waals surface area (Å²) in [5.41, 5.74) is 2.73. The van der Waals surface area contributed by atoms with Crippen molar-refractivity contribution in [3.8, 4) is 5.75 Å². The van der Waals surface area contributed by atoms with Crippen molar-refractivity contribution in [2.75, 3.05) is 32.5 Å². The van der Waals surface area contributed by atoms with Crippen molar-refractivity contribution in [1.82, 2.24) is 20.1 Å². The SMILES string of the molecule is COc1ccc2nccc([C@H](O)CC[C@@H]3CCN(CCSc4c[nH]nc4C)C[C@H]3CCC(=O)O)c2c1. The van der Waals surface area contributed by atoms with Crippen LogP contribution in [0.5, 0.6) is 5.75 Å². The number of benzene rings is 1. The number of nitrogens with one attached hydrogen (secondary N) is 1. The van der Waals surface area contributed by atoms with E-state index in [4.69, 9.17) is 4.74 Å². The predicted octanol–water partition coefficient (Wildman–Crippen LogP) is 4.68. The minimum Gasteiger partial charge on any atom is -0.497 e. The monoisotopic (exact) mass is 512 g/mol. The number of carboxylic acid groups (broad SMARTS) is 1. The number of hydrogen-bond donors (Lipinski definition) is 3. The van der Waals surface area contributed by atoms with Gasteiger partial charge in [-0.05, 0) is 80.8 Å². The molecule has 3 atom stereocenters. The number of aliphatic carboxylic acids is 1. The molecule has 4 rings (SSSR count). The number of aromatic amines is 1. The first-order valence-electron chi connectivity index (χ1n) is 12.6. The number of pyridine rings is 1. The molecule has 1 saturated heterocycles. The van der Waals surface area contributed by atoms with Crippen molar-refractivity contribution in [1.29, 1.82) is 0 Å². The van der Waals surface area contributed by atoms with E-state index in [1.807, 2.05) is 37.4 Å². The van der Waals surface area contributed by atoms with Gasteiger partial charge in [0, 0.05) is 47.9 Å². The summed E-state index contributed by atoms with van der Waals surface area (Å²) >= 11 is 1.81. The molecule has 2 aromatic heterocycles. The van der Waals surface area contributed by atoms with E-state index in [0.717, 1.165) is 66.1 Å². The molecule has 0 unspecified atom stereocenters. The van der Waals surface area contributed by atoms with Gasteiger partial charge in [-0.25, -0.2) is 0 Å². The van der Waals surface area contributed by atoms with Crippen molar-refractivity contribution in [3.05, 3.63) is 47.9 Å². The summed E-state index contributed by atoms with van der Waals surface area (Å²) in [6.07, 6.45) is 6.48. The second-order valence-electron chi connectivity index (χ2n) is 9.60. The number of thioether (sulfide) groups is 1. The van der Waals surface area contributed by atoms with E-state index in [1.165, 1.54) is 4.90 Å². The number of aliphatic hydroxyl groups is 1. The van der Waals surface area contributed by atoms with Gasteiger partial charge in [-0.2, -0.15) is 5.10 Å². The van der Waals surface area contributed by atoms with Crippen LogP contribution in [0.4, 0.5) is 0 Å². The highest BCUT2D eigenvalue weighted by Crippen LogP contribution is 2.35. The first-order chi connectivity index (χ1) is 17.4. The molecule has 194 valence electrons. The van der Waals surface area contributed by atoms with Gasteiger partial charge in [0.1, 0.15) is 5.75 Å². The molecule has 0 spiro atoms. The Morgan fingerprint density at radius 1 is 1.31 bits per heavy atom. The predicted molar refractivity (Wildman–Crippen MR) is 141 cm³/mol. The largest absolute Gasteiger partial charge is 0.497 e. The van der Waals surface area contributed by atoms with Gasteiger partial charge in [0.15, 0.2) is 0 Å². The number of aryl methyl sites for hydroxylation is 1. The van der Waals surface area contributed by atoms with Gasteiger partial charge in [-0.15, -0.1) is 11.8 Å². The van der Waals surface area contributed by atoms with Crippen molar-refractivity contribution in [3.63, 3.8) is 0 Å². The van der Waals surface area contributed by atoms with Crippen LogP contribution in [0, 0.1) is 18.8 Å². The minimum absolute atomic E-state index is 0.190. The average molecular weight is 513 g/mol. The fraction of sp³-hybridized carbons (Fsp3) is 0.519. The lowest BCUT2D eigenvalue weighted by Gasteiger charge is -2.39. The van der Waals surface area contributed by atoms with Crippen molar-refractivity contribution in [2.24, 2.45) is 11.8 Å². The topological polar surface area (TPSA) is 112 Å². The second kappa shape index (κ2) is 12.6. The molecule has 1 aliphatic heterocycles. The Morgan fingerprint density at radius 3 is 2.92 bits per heavy atom. The zero-order valence-electron chi connectivity index (χ0n) is 21.0. The van der Waals surface area contributed by atoms with Crippen LogP contribution in [-0.2, 0) is 4.79 Å². The molecule has 8 nitrogen and oxygen atoms in total. The number of H-pyrrole nitrogens is 1. The first-order valence-corrected chi connectivity index (χ1v) is 13.6. The fourth-order valence-electron chi connectivity index (χ4n) is 5.24. The van der Waals surface area contributed by atoms with Crippen LogP contribution in [0.2, 0.25) is 0 Å². The number of aromatic nitrogens is 3.